The Kier molecular flexibility index (Phi) is 4.19. The minimum Gasteiger partial charge on any atom is -0.349 e. The van der Waals surface area contributed by atoms with Crippen molar-refractivity contribution in [1.29, 1.82) is 0 Å². The molecule has 0 aromatic carbocycles. The second-order valence-electron chi connectivity index (χ2n) is 5.00. The van der Waals surface area contributed by atoms with E-state index in [1.54, 1.807) is 21.8 Å². The highest BCUT2D eigenvalue weighted by molar-refractivity contribution is 5.92. The lowest BCUT2D eigenvalue weighted by Crippen LogP contribution is -2.36. The fraction of sp³-hybridized carbons (Fsp3) is 0.615. The van der Waals surface area contributed by atoms with Crippen molar-refractivity contribution < 1.29 is 9.59 Å². The van der Waals surface area contributed by atoms with Crippen molar-refractivity contribution in [2.24, 2.45) is 0 Å². The molecule has 1 aliphatic rings. The van der Waals surface area contributed by atoms with E-state index in [0.29, 0.717) is 25.2 Å². The van der Waals surface area contributed by atoms with Crippen molar-refractivity contribution in [2.45, 2.75) is 32.7 Å². The highest BCUT2D eigenvalue weighted by Gasteiger charge is 2.20. The molecule has 6 heteroatoms. The molecular formula is C13H20N4O2. The van der Waals surface area contributed by atoms with Crippen molar-refractivity contribution in [3.63, 3.8) is 0 Å². The van der Waals surface area contributed by atoms with E-state index in [2.05, 4.69) is 10.4 Å². The molecule has 0 spiro atoms. The lowest BCUT2D eigenvalue weighted by Gasteiger charge is -2.16. The maximum absolute atomic E-state index is 12.0. The zero-order valence-corrected chi connectivity index (χ0v) is 11.4. The third-order valence-electron chi connectivity index (χ3n) is 3.23. The van der Waals surface area contributed by atoms with Gasteiger partial charge in [0.2, 0.25) is 5.91 Å². The Morgan fingerprint density at radius 3 is 2.95 bits per heavy atom. The number of likely N-dealkylation sites (tertiary alicyclic amines) is 1. The zero-order chi connectivity index (χ0) is 13.8. The third-order valence-corrected chi connectivity index (χ3v) is 3.23. The molecule has 2 heterocycles. The van der Waals surface area contributed by atoms with Crippen LogP contribution in [0.1, 0.15) is 43.2 Å². The van der Waals surface area contributed by atoms with Gasteiger partial charge in [0.1, 0.15) is 5.69 Å². The number of carbonyl (C=O) groups excluding carboxylic acids is 2. The van der Waals surface area contributed by atoms with Gasteiger partial charge in [0.05, 0.1) is 0 Å². The minimum atomic E-state index is -0.141. The Morgan fingerprint density at radius 1 is 1.53 bits per heavy atom. The predicted octanol–water partition coefficient (Wildman–Crippen LogP) is 0.816. The van der Waals surface area contributed by atoms with Gasteiger partial charge in [-0.25, -0.2) is 0 Å². The fourth-order valence-corrected chi connectivity index (χ4v) is 2.24. The Hall–Kier alpha value is -1.85. The molecular weight excluding hydrogens is 244 g/mol. The van der Waals surface area contributed by atoms with Crippen molar-refractivity contribution in [1.82, 2.24) is 20.0 Å². The van der Waals surface area contributed by atoms with Gasteiger partial charge in [-0.05, 0) is 26.3 Å². The van der Waals surface area contributed by atoms with Crippen LogP contribution in [0.4, 0.5) is 0 Å². The predicted molar refractivity (Wildman–Crippen MR) is 70.8 cm³/mol. The molecule has 19 heavy (non-hydrogen) atoms. The lowest BCUT2D eigenvalue weighted by molar-refractivity contribution is -0.127. The van der Waals surface area contributed by atoms with Crippen molar-refractivity contribution in [2.75, 3.05) is 19.6 Å². The van der Waals surface area contributed by atoms with Crippen LogP contribution >= 0.6 is 0 Å². The molecule has 0 bridgehead atoms. The van der Waals surface area contributed by atoms with Gasteiger partial charge in [-0.2, -0.15) is 5.10 Å². The van der Waals surface area contributed by atoms with E-state index >= 15 is 0 Å². The van der Waals surface area contributed by atoms with E-state index in [4.69, 9.17) is 0 Å². The monoisotopic (exact) mass is 264 g/mol. The molecule has 1 aliphatic heterocycles. The van der Waals surface area contributed by atoms with Crippen LogP contribution in [0.25, 0.3) is 0 Å². The first-order valence-electron chi connectivity index (χ1n) is 6.69. The molecule has 1 saturated heterocycles. The molecule has 1 fully saturated rings. The van der Waals surface area contributed by atoms with Gasteiger partial charge in [-0.15, -0.1) is 0 Å². The second-order valence-corrected chi connectivity index (χ2v) is 5.00. The standard InChI is InChI=1S/C13H20N4O2/c1-10(2)17-11(5-6-15-17)13(19)14-7-9-16-8-3-4-12(16)18/h5-6,10H,3-4,7-9H2,1-2H3,(H,14,19). The summed E-state index contributed by atoms with van der Waals surface area (Å²) in [6, 6.07) is 1.85. The first-order chi connectivity index (χ1) is 9.09. The Morgan fingerprint density at radius 2 is 2.32 bits per heavy atom. The molecule has 1 N–H and O–H groups in total. The summed E-state index contributed by atoms with van der Waals surface area (Å²) in [6.45, 7) is 5.83. The van der Waals surface area contributed by atoms with Gasteiger partial charge < -0.3 is 10.2 Å². The summed E-state index contributed by atoms with van der Waals surface area (Å²) in [5.41, 5.74) is 0.558. The van der Waals surface area contributed by atoms with Crippen molar-refractivity contribution in [3.05, 3.63) is 18.0 Å². The first-order valence-corrected chi connectivity index (χ1v) is 6.69. The summed E-state index contributed by atoms with van der Waals surface area (Å²) in [5, 5.41) is 6.96. The number of nitrogens with zero attached hydrogens (tertiary/aromatic N) is 3. The molecule has 0 saturated carbocycles. The van der Waals surface area contributed by atoms with Crippen LogP contribution in [0.5, 0.6) is 0 Å². The largest absolute Gasteiger partial charge is 0.349 e. The van der Waals surface area contributed by atoms with E-state index < -0.39 is 0 Å². The molecule has 0 unspecified atom stereocenters. The number of amides is 2. The minimum absolute atomic E-state index is 0.141. The maximum atomic E-state index is 12.0. The normalized spacial score (nSPS) is 15.3. The SMILES string of the molecule is CC(C)n1nccc1C(=O)NCCN1CCCC1=O. The van der Waals surface area contributed by atoms with Crippen LogP contribution in [-0.4, -0.2) is 46.1 Å². The molecule has 0 atom stereocenters. The zero-order valence-electron chi connectivity index (χ0n) is 11.4. The van der Waals surface area contributed by atoms with Crippen molar-refractivity contribution >= 4 is 11.8 Å². The molecule has 0 aliphatic carbocycles. The van der Waals surface area contributed by atoms with Gasteiger partial charge in [0.15, 0.2) is 0 Å². The van der Waals surface area contributed by atoms with E-state index in [-0.39, 0.29) is 17.9 Å². The van der Waals surface area contributed by atoms with E-state index in [9.17, 15) is 9.59 Å². The number of nitrogens with one attached hydrogen (secondary N) is 1. The summed E-state index contributed by atoms with van der Waals surface area (Å²) in [7, 11) is 0. The van der Waals surface area contributed by atoms with Crippen molar-refractivity contribution in [3.8, 4) is 0 Å². The fourth-order valence-electron chi connectivity index (χ4n) is 2.24. The smallest absolute Gasteiger partial charge is 0.269 e. The Bertz CT molecular complexity index is 467. The summed E-state index contributed by atoms with van der Waals surface area (Å²) in [5.74, 6) is 0.0410. The second kappa shape index (κ2) is 5.86. The lowest BCUT2D eigenvalue weighted by atomic mass is 10.3. The molecule has 0 radical (unpaired) electrons. The summed E-state index contributed by atoms with van der Waals surface area (Å²) in [6.07, 6.45) is 3.18. The number of rotatable bonds is 5. The van der Waals surface area contributed by atoms with E-state index in [0.717, 1.165) is 13.0 Å². The van der Waals surface area contributed by atoms with Crippen LogP contribution in [-0.2, 0) is 4.79 Å². The first kappa shape index (κ1) is 13.6. The third kappa shape index (κ3) is 3.13. The van der Waals surface area contributed by atoms with Gasteiger partial charge in [0, 0.05) is 38.3 Å². The number of hydrogen-bond donors (Lipinski definition) is 1. The molecule has 104 valence electrons. The van der Waals surface area contributed by atoms with Crippen LogP contribution in [0.2, 0.25) is 0 Å². The molecule has 2 rings (SSSR count). The Labute approximate surface area is 112 Å². The van der Waals surface area contributed by atoms with Gasteiger partial charge >= 0.3 is 0 Å². The number of aromatic nitrogens is 2. The summed E-state index contributed by atoms with van der Waals surface area (Å²) in [4.78, 5) is 25.2. The van der Waals surface area contributed by atoms with E-state index in [1.165, 1.54) is 0 Å². The molecule has 1 aromatic heterocycles. The molecule has 1 aromatic rings. The molecule has 2 amide bonds. The van der Waals surface area contributed by atoms with Crippen LogP contribution in [0, 0.1) is 0 Å². The average molecular weight is 264 g/mol. The van der Waals surface area contributed by atoms with Gasteiger partial charge in [-0.1, -0.05) is 0 Å². The Balaban J connectivity index is 1.84. The summed E-state index contributed by atoms with van der Waals surface area (Å²) >= 11 is 0. The maximum Gasteiger partial charge on any atom is 0.269 e. The van der Waals surface area contributed by atoms with Gasteiger partial charge in [0.25, 0.3) is 5.91 Å². The van der Waals surface area contributed by atoms with Crippen LogP contribution in [0.3, 0.4) is 0 Å². The highest BCUT2D eigenvalue weighted by atomic mass is 16.2. The van der Waals surface area contributed by atoms with Gasteiger partial charge in [-0.3, -0.25) is 14.3 Å². The molecule has 6 nitrogen and oxygen atoms in total. The van der Waals surface area contributed by atoms with E-state index in [1.807, 2.05) is 13.8 Å². The highest BCUT2D eigenvalue weighted by Crippen LogP contribution is 2.09. The quantitative estimate of drug-likeness (QED) is 0.856. The average Bonchev–Trinajstić information content (AvgIpc) is 2.98. The number of carbonyl (C=O) groups is 2. The van der Waals surface area contributed by atoms with Crippen LogP contribution < -0.4 is 5.32 Å². The summed E-state index contributed by atoms with van der Waals surface area (Å²) < 4.78 is 1.69. The van der Waals surface area contributed by atoms with Crippen LogP contribution in [0.15, 0.2) is 12.3 Å². The topological polar surface area (TPSA) is 67.2 Å². The number of hydrogen-bond acceptors (Lipinski definition) is 3.